The third kappa shape index (κ3) is 3.52. The van der Waals surface area contributed by atoms with E-state index in [1.807, 2.05) is 18.2 Å². The monoisotopic (exact) mass is 339 g/mol. The lowest BCUT2D eigenvalue weighted by Crippen LogP contribution is -2.42. The van der Waals surface area contributed by atoms with Gasteiger partial charge in [-0.25, -0.2) is 4.79 Å². The Morgan fingerprint density at radius 3 is 2.80 bits per heavy atom. The summed E-state index contributed by atoms with van der Waals surface area (Å²) in [5.41, 5.74) is 1.19. The fourth-order valence-corrected chi connectivity index (χ4v) is 3.78. The average molecular weight is 339 g/mol. The number of rotatable bonds is 6. The van der Waals surface area contributed by atoms with Gasteiger partial charge < -0.3 is 15.2 Å². The minimum Gasteiger partial charge on any atom is -0.338 e. The highest BCUT2D eigenvalue weighted by molar-refractivity contribution is 5.74. The number of hydrogen-bond donors (Lipinski definition) is 2. The van der Waals surface area contributed by atoms with Crippen LogP contribution in [0.3, 0.4) is 0 Å². The van der Waals surface area contributed by atoms with E-state index in [0.717, 1.165) is 37.5 Å². The molecular formula is C19H25N5O. The van der Waals surface area contributed by atoms with E-state index in [0.29, 0.717) is 12.5 Å². The molecule has 1 atom stereocenters. The second kappa shape index (κ2) is 7.25. The summed E-state index contributed by atoms with van der Waals surface area (Å²) in [6.07, 6.45) is 6.51. The largest absolute Gasteiger partial charge is 0.338 e. The minimum atomic E-state index is -0.0955. The summed E-state index contributed by atoms with van der Waals surface area (Å²) in [6.45, 7) is 1.58. The van der Waals surface area contributed by atoms with E-state index in [4.69, 9.17) is 0 Å². The normalized spacial score (nSPS) is 17.6. The first-order valence-corrected chi connectivity index (χ1v) is 9.31. The predicted octanol–water partition coefficient (Wildman–Crippen LogP) is 2.61. The van der Waals surface area contributed by atoms with Crippen molar-refractivity contribution >= 4 is 6.03 Å². The Hall–Kier alpha value is -2.37. The molecular weight excluding hydrogens is 314 g/mol. The van der Waals surface area contributed by atoms with E-state index in [2.05, 4.69) is 37.5 Å². The van der Waals surface area contributed by atoms with Crippen LogP contribution in [-0.2, 0) is 19.4 Å². The highest BCUT2D eigenvalue weighted by Gasteiger charge is 2.29. The second-order valence-electron chi connectivity index (χ2n) is 7.02. The van der Waals surface area contributed by atoms with E-state index in [1.54, 1.807) is 0 Å². The van der Waals surface area contributed by atoms with E-state index >= 15 is 0 Å². The maximum absolute atomic E-state index is 12.4. The fraction of sp³-hybridized carbons (Fsp3) is 0.526. The smallest absolute Gasteiger partial charge is 0.315 e. The summed E-state index contributed by atoms with van der Waals surface area (Å²) in [5, 5.41) is 14.6. The molecule has 0 unspecified atom stereocenters. The van der Waals surface area contributed by atoms with Crippen LogP contribution in [0.15, 0.2) is 30.3 Å². The van der Waals surface area contributed by atoms with Crippen molar-refractivity contribution in [2.45, 2.75) is 51.1 Å². The van der Waals surface area contributed by atoms with Crippen LogP contribution in [0, 0.1) is 5.92 Å². The number of hydrogen-bond acceptors (Lipinski definition) is 3. The second-order valence-corrected chi connectivity index (χ2v) is 7.02. The molecule has 1 aromatic heterocycles. The van der Waals surface area contributed by atoms with Crippen molar-refractivity contribution in [2.75, 3.05) is 6.54 Å². The summed E-state index contributed by atoms with van der Waals surface area (Å²) in [5.74, 6) is 2.60. The zero-order chi connectivity index (χ0) is 17.1. The molecule has 2 heterocycles. The third-order valence-corrected chi connectivity index (χ3v) is 5.39. The molecule has 1 aliphatic carbocycles. The Kier molecular flexibility index (Phi) is 4.68. The zero-order valence-corrected chi connectivity index (χ0v) is 14.4. The number of fused-ring (bicyclic) bond motifs is 1. The van der Waals surface area contributed by atoms with Crippen LogP contribution in [0.4, 0.5) is 4.79 Å². The number of aromatic nitrogens is 3. The van der Waals surface area contributed by atoms with Gasteiger partial charge in [-0.3, -0.25) is 0 Å². The van der Waals surface area contributed by atoms with Crippen LogP contribution >= 0.6 is 0 Å². The van der Waals surface area contributed by atoms with Gasteiger partial charge in [0.05, 0.1) is 6.04 Å². The number of nitrogens with zero attached hydrogens (tertiary/aromatic N) is 3. The number of nitrogens with one attached hydrogen (secondary N) is 2. The van der Waals surface area contributed by atoms with Crippen LogP contribution in [0.2, 0.25) is 0 Å². The molecule has 1 saturated carbocycles. The molecule has 25 heavy (non-hydrogen) atoms. The van der Waals surface area contributed by atoms with Crippen LogP contribution in [-0.4, -0.2) is 27.3 Å². The predicted molar refractivity (Wildman–Crippen MR) is 95.1 cm³/mol. The molecule has 2 N–H and O–H groups in total. The minimum absolute atomic E-state index is 0.0955. The maximum atomic E-state index is 12.4. The molecule has 1 aromatic carbocycles. The average Bonchev–Trinajstić information content (AvgIpc) is 3.18. The van der Waals surface area contributed by atoms with Gasteiger partial charge in [0.2, 0.25) is 0 Å². The van der Waals surface area contributed by atoms with Crippen molar-refractivity contribution in [3.63, 3.8) is 0 Å². The molecule has 0 bridgehead atoms. The van der Waals surface area contributed by atoms with Crippen LogP contribution in [0.5, 0.6) is 0 Å². The zero-order valence-electron chi connectivity index (χ0n) is 14.4. The van der Waals surface area contributed by atoms with Crippen molar-refractivity contribution in [3.8, 4) is 0 Å². The molecule has 0 radical (unpaired) electrons. The number of benzene rings is 1. The Bertz CT molecular complexity index is 723. The van der Waals surface area contributed by atoms with Gasteiger partial charge in [-0.1, -0.05) is 36.8 Å². The van der Waals surface area contributed by atoms with E-state index in [1.165, 1.54) is 24.8 Å². The van der Waals surface area contributed by atoms with Gasteiger partial charge in [-0.05, 0) is 30.7 Å². The lowest BCUT2D eigenvalue weighted by atomic mass is 9.77. The lowest BCUT2D eigenvalue weighted by molar-refractivity contribution is 0.208. The van der Waals surface area contributed by atoms with Crippen LogP contribution in [0.1, 0.15) is 48.9 Å². The quantitative estimate of drug-likeness (QED) is 0.850. The highest BCUT2D eigenvalue weighted by atomic mass is 16.2. The number of urea groups is 1. The first-order chi connectivity index (χ1) is 12.3. The SMILES string of the molecule is O=C(NCCc1nnc2n1CCC2)N[C@@H](c1ccccc1)C1CCC1. The van der Waals surface area contributed by atoms with Crippen molar-refractivity contribution in [2.24, 2.45) is 5.92 Å². The molecule has 1 fully saturated rings. The van der Waals surface area contributed by atoms with E-state index in [9.17, 15) is 4.79 Å². The van der Waals surface area contributed by atoms with Gasteiger partial charge in [0, 0.05) is 25.9 Å². The maximum Gasteiger partial charge on any atom is 0.315 e. The van der Waals surface area contributed by atoms with Crippen LogP contribution in [0.25, 0.3) is 0 Å². The van der Waals surface area contributed by atoms with Gasteiger partial charge in [-0.15, -0.1) is 10.2 Å². The number of carbonyl (C=O) groups is 1. The molecule has 0 spiro atoms. The molecule has 6 nitrogen and oxygen atoms in total. The van der Waals surface area contributed by atoms with E-state index in [-0.39, 0.29) is 12.1 Å². The summed E-state index contributed by atoms with van der Waals surface area (Å²) in [4.78, 5) is 12.4. The molecule has 2 amide bonds. The van der Waals surface area contributed by atoms with Gasteiger partial charge in [0.1, 0.15) is 11.6 Å². The molecule has 6 heteroatoms. The van der Waals surface area contributed by atoms with Crippen molar-refractivity contribution < 1.29 is 4.79 Å². The molecule has 0 saturated heterocycles. The Labute approximate surface area is 148 Å². The Balaban J connectivity index is 1.31. The lowest BCUT2D eigenvalue weighted by Gasteiger charge is -2.34. The number of carbonyl (C=O) groups excluding carboxylic acids is 1. The molecule has 4 rings (SSSR count). The summed E-state index contributed by atoms with van der Waals surface area (Å²) in [7, 11) is 0. The molecule has 1 aliphatic heterocycles. The highest BCUT2D eigenvalue weighted by Crippen LogP contribution is 2.37. The standard InChI is InChI=1S/C19H25N5O/c25-19(20-12-11-17-23-22-16-10-5-13-24(16)17)21-18(15-8-4-9-15)14-6-2-1-3-7-14/h1-3,6-7,15,18H,4-5,8-13H2,(H2,20,21,25)/t18-/m0/s1. The molecule has 132 valence electrons. The first kappa shape index (κ1) is 16.1. The van der Waals surface area contributed by atoms with Gasteiger partial charge in [0.25, 0.3) is 0 Å². The number of aryl methyl sites for hydroxylation is 1. The summed E-state index contributed by atoms with van der Waals surface area (Å²) in [6, 6.07) is 10.3. The van der Waals surface area contributed by atoms with Gasteiger partial charge in [0.15, 0.2) is 0 Å². The van der Waals surface area contributed by atoms with Crippen molar-refractivity contribution in [1.29, 1.82) is 0 Å². The molecule has 2 aromatic rings. The Morgan fingerprint density at radius 2 is 2.04 bits per heavy atom. The number of amides is 2. The fourth-order valence-electron chi connectivity index (χ4n) is 3.78. The summed E-state index contributed by atoms with van der Waals surface area (Å²) < 4.78 is 2.18. The van der Waals surface area contributed by atoms with Crippen molar-refractivity contribution in [1.82, 2.24) is 25.4 Å². The van der Waals surface area contributed by atoms with Gasteiger partial charge in [-0.2, -0.15) is 0 Å². The summed E-state index contributed by atoms with van der Waals surface area (Å²) >= 11 is 0. The first-order valence-electron chi connectivity index (χ1n) is 9.31. The third-order valence-electron chi connectivity index (χ3n) is 5.39. The topological polar surface area (TPSA) is 71.8 Å². The van der Waals surface area contributed by atoms with Crippen molar-refractivity contribution in [3.05, 3.63) is 47.5 Å². The van der Waals surface area contributed by atoms with Crippen LogP contribution < -0.4 is 10.6 Å². The van der Waals surface area contributed by atoms with Gasteiger partial charge >= 0.3 is 6.03 Å². The Morgan fingerprint density at radius 1 is 1.20 bits per heavy atom. The van der Waals surface area contributed by atoms with E-state index < -0.39 is 0 Å². The molecule has 2 aliphatic rings.